The summed E-state index contributed by atoms with van der Waals surface area (Å²) < 4.78 is 8.03. The molecule has 2 atom stereocenters. The molecular weight excluding hydrogens is 447 g/mol. The van der Waals surface area contributed by atoms with Crippen LogP contribution in [0.25, 0.3) is 0 Å². The van der Waals surface area contributed by atoms with Gasteiger partial charge in [0, 0.05) is 10.0 Å². The second-order valence-electron chi connectivity index (χ2n) is 8.84. The molecule has 0 N–H and O–H groups in total. The molecule has 0 saturated heterocycles. The van der Waals surface area contributed by atoms with Gasteiger partial charge in [-0.25, -0.2) is 0 Å². The standard InChI is InChI=1S/C23H41IOSi/c1-9-11-13-14-15-17-21(24)19-22(18-20(3)16-12-10-2)25-26(7,8)23(4,5)6/h15,17,19-20,22H,9,11,13-14,16,18H2,1-8H3/b17-15+,21-19-/t20-,22+/m1/s1. The topological polar surface area (TPSA) is 9.23 Å². The zero-order valence-corrected chi connectivity index (χ0v) is 21.6. The summed E-state index contributed by atoms with van der Waals surface area (Å²) >= 11 is 2.45. The van der Waals surface area contributed by atoms with Gasteiger partial charge in [-0.15, -0.1) is 11.8 Å². The molecule has 0 rings (SSSR count). The first-order chi connectivity index (χ1) is 12.0. The summed E-state index contributed by atoms with van der Waals surface area (Å²) in [6.45, 7) is 18.1. The van der Waals surface area contributed by atoms with E-state index in [0.29, 0.717) is 5.92 Å². The van der Waals surface area contributed by atoms with Crippen molar-refractivity contribution >= 4 is 30.9 Å². The van der Waals surface area contributed by atoms with Crippen molar-refractivity contribution in [1.29, 1.82) is 0 Å². The van der Waals surface area contributed by atoms with Gasteiger partial charge in [-0.1, -0.05) is 59.6 Å². The lowest BCUT2D eigenvalue weighted by Gasteiger charge is -2.39. The molecule has 0 fully saturated rings. The Morgan fingerprint density at radius 1 is 1.23 bits per heavy atom. The first kappa shape index (κ1) is 25.9. The first-order valence-electron chi connectivity index (χ1n) is 10.1. The predicted molar refractivity (Wildman–Crippen MR) is 129 cm³/mol. The van der Waals surface area contributed by atoms with Crippen LogP contribution in [-0.4, -0.2) is 14.4 Å². The summed E-state index contributed by atoms with van der Waals surface area (Å²) in [6.07, 6.45) is 14.1. The Labute approximate surface area is 178 Å². The molecule has 0 unspecified atom stereocenters. The van der Waals surface area contributed by atoms with E-state index in [1.165, 1.54) is 29.3 Å². The SMILES string of the molecule is CC#CC[C@@H](C)C[C@@H](/C=C(I)/C=C/CCCCC)O[Si](C)(C)C(C)(C)C. The molecule has 0 aliphatic rings. The van der Waals surface area contributed by atoms with Crippen molar-refractivity contribution in [2.24, 2.45) is 5.92 Å². The monoisotopic (exact) mass is 488 g/mol. The summed E-state index contributed by atoms with van der Waals surface area (Å²) in [5.74, 6) is 6.79. The van der Waals surface area contributed by atoms with E-state index >= 15 is 0 Å². The summed E-state index contributed by atoms with van der Waals surface area (Å²) in [4.78, 5) is 0. The van der Waals surface area contributed by atoms with E-state index in [9.17, 15) is 0 Å². The number of allylic oxidation sites excluding steroid dienone is 3. The maximum atomic E-state index is 6.74. The Balaban J connectivity index is 5.11. The van der Waals surface area contributed by atoms with Crippen LogP contribution in [0.2, 0.25) is 18.1 Å². The zero-order chi connectivity index (χ0) is 20.2. The van der Waals surface area contributed by atoms with Crippen LogP contribution in [-0.2, 0) is 4.43 Å². The largest absolute Gasteiger partial charge is 0.411 e. The molecule has 0 aromatic heterocycles. The quantitative estimate of drug-likeness (QED) is 0.0935. The second-order valence-corrected chi connectivity index (χ2v) is 14.8. The first-order valence-corrected chi connectivity index (χ1v) is 14.1. The fourth-order valence-corrected chi connectivity index (χ4v) is 4.33. The third-order valence-corrected chi connectivity index (χ3v) is 10.3. The molecule has 3 heteroatoms. The minimum absolute atomic E-state index is 0.178. The van der Waals surface area contributed by atoms with Crippen molar-refractivity contribution in [2.45, 2.75) is 104 Å². The van der Waals surface area contributed by atoms with E-state index in [1.807, 2.05) is 6.92 Å². The number of unbranched alkanes of at least 4 members (excludes halogenated alkanes) is 3. The molecule has 1 nitrogen and oxygen atoms in total. The van der Waals surface area contributed by atoms with E-state index in [4.69, 9.17) is 4.43 Å². The Bertz CT molecular complexity index is 503. The average Bonchev–Trinajstić information content (AvgIpc) is 2.51. The molecule has 0 aliphatic carbocycles. The van der Waals surface area contributed by atoms with Gasteiger partial charge in [0.15, 0.2) is 8.32 Å². The lowest BCUT2D eigenvalue weighted by Crippen LogP contribution is -2.43. The molecule has 0 aliphatic heterocycles. The molecule has 0 aromatic carbocycles. The molecule has 0 spiro atoms. The highest BCUT2D eigenvalue weighted by Gasteiger charge is 2.39. The van der Waals surface area contributed by atoms with Gasteiger partial charge in [-0.2, -0.15) is 0 Å². The summed E-state index contributed by atoms with van der Waals surface area (Å²) in [6, 6.07) is 0. The van der Waals surface area contributed by atoms with Gasteiger partial charge < -0.3 is 4.43 Å². The van der Waals surface area contributed by atoms with Gasteiger partial charge in [0.1, 0.15) is 0 Å². The highest BCUT2D eigenvalue weighted by atomic mass is 127. The van der Waals surface area contributed by atoms with Crippen molar-refractivity contribution in [2.75, 3.05) is 0 Å². The van der Waals surface area contributed by atoms with Gasteiger partial charge in [-0.05, 0) is 78.9 Å². The van der Waals surface area contributed by atoms with Crippen LogP contribution in [0.4, 0.5) is 0 Å². The Morgan fingerprint density at radius 2 is 1.88 bits per heavy atom. The molecule has 0 radical (unpaired) electrons. The minimum Gasteiger partial charge on any atom is -0.411 e. The average molecular weight is 489 g/mol. The maximum Gasteiger partial charge on any atom is 0.192 e. The molecule has 150 valence electrons. The highest BCUT2D eigenvalue weighted by molar-refractivity contribution is 14.1. The smallest absolute Gasteiger partial charge is 0.192 e. The summed E-state index contributed by atoms with van der Waals surface area (Å²) in [7, 11) is -1.79. The maximum absolute atomic E-state index is 6.74. The van der Waals surface area contributed by atoms with Crippen LogP contribution in [0.15, 0.2) is 21.8 Å². The second kappa shape index (κ2) is 13.2. The van der Waals surface area contributed by atoms with Gasteiger partial charge in [-0.3, -0.25) is 0 Å². The van der Waals surface area contributed by atoms with Crippen LogP contribution in [0, 0.1) is 17.8 Å². The van der Waals surface area contributed by atoms with Crippen LogP contribution in [0.1, 0.15) is 80.1 Å². The van der Waals surface area contributed by atoms with E-state index < -0.39 is 8.32 Å². The third-order valence-electron chi connectivity index (χ3n) is 5.11. The lowest BCUT2D eigenvalue weighted by molar-refractivity contribution is 0.195. The van der Waals surface area contributed by atoms with E-state index in [2.05, 4.69) is 100 Å². The van der Waals surface area contributed by atoms with Crippen molar-refractivity contribution in [3.63, 3.8) is 0 Å². The Kier molecular flexibility index (Phi) is 13.2. The van der Waals surface area contributed by atoms with Crippen LogP contribution >= 0.6 is 22.6 Å². The molecule has 0 saturated carbocycles. The van der Waals surface area contributed by atoms with Gasteiger partial charge in [0.05, 0.1) is 6.10 Å². The number of hydrogen-bond acceptors (Lipinski definition) is 1. The van der Waals surface area contributed by atoms with Crippen molar-refractivity contribution in [1.82, 2.24) is 0 Å². The highest BCUT2D eigenvalue weighted by Crippen LogP contribution is 2.38. The van der Waals surface area contributed by atoms with E-state index in [0.717, 1.165) is 12.8 Å². The Hall–Kier alpha value is -0.0531. The van der Waals surface area contributed by atoms with Crippen LogP contribution in [0.3, 0.4) is 0 Å². The minimum atomic E-state index is -1.79. The van der Waals surface area contributed by atoms with Crippen molar-refractivity contribution in [3.05, 3.63) is 21.8 Å². The number of rotatable bonds is 11. The normalized spacial score (nSPS) is 15.7. The molecule has 0 aromatic rings. The third kappa shape index (κ3) is 11.6. The molecule has 0 amide bonds. The number of hydrogen-bond donors (Lipinski definition) is 0. The van der Waals surface area contributed by atoms with Crippen LogP contribution < -0.4 is 0 Å². The Morgan fingerprint density at radius 3 is 2.42 bits per heavy atom. The molecule has 26 heavy (non-hydrogen) atoms. The van der Waals surface area contributed by atoms with Gasteiger partial charge in [0.2, 0.25) is 0 Å². The fourth-order valence-electron chi connectivity index (χ4n) is 2.40. The van der Waals surface area contributed by atoms with Crippen molar-refractivity contribution in [3.8, 4) is 11.8 Å². The molecule has 0 bridgehead atoms. The van der Waals surface area contributed by atoms with Gasteiger partial charge in [0.25, 0.3) is 0 Å². The zero-order valence-electron chi connectivity index (χ0n) is 18.4. The van der Waals surface area contributed by atoms with Crippen molar-refractivity contribution < 1.29 is 4.43 Å². The predicted octanol–water partition coefficient (Wildman–Crippen LogP) is 8.27. The van der Waals surface area contributed by atoms with Gasteiger partial charge >= 0.3 is 0 Å². The molecular formula is C23H41IOSi. The number of halogens is 1. The summed E-state index contributed by atoms with van der Waals surface area (Å²) in [5, 5.41) is 0.229. The molecule has 0 heterocycles. The van der Waals surface area contributed by atoms with Crippen LogP contribution in [0.5, 0.6) is 0 Å². The lowest BCUT2D eigenvalue weighted by atomic mass is 10.00. The van der Waals surface area contributed by atoms with E-state index in [1.54, 1.807) is 0 Å². The summed E-state index contributed by atoms with van der Waals surface area (Å²) in [5.41, 5.74) is 0. The fraction of sp³-hybridized carbons (Fsp3) is 0.739. The van der Waals surface area contributed by atoms with E-state index in [-0.39, 0.29) is 11.1 Å².